The van der Waals surface area contributed by atoms with E-state index in [0.717, 1.165) is 70.1 Å². The van der Waals surface area contributed by atoms with Crippen LogP contribution in [0.4, 0.5) is 0 Å². The van der Waals surface area contributed by atoms with Gasteiger partial charge in [0, 0.05) is 51.2 Å². The molecule has 8 nitrogen and oxygen atoms in total. The van der Waals surface area contributed by atoms with Gasteiger partial charge in [0.25, 0.3) is 5.91 Å². The van der Waals surface area contributed by atoms with Crippen LogP contribution in [-0.4, -0.2) is 69.9 Å². The van der Waals surface area contributed by atoms with Gasteiger partial charge in [0.05, 0.1) is 5.69 Å². The molecule has 2 saturated heterocycles. The molecular weight excluding hydrogens is 332 g/mol. The number of nitrogens with one attached hydrogen (secondary N) is 1. The molecule has 0 atom stereocenters. The van der Waals surface area contributed by atoms with Crippen molar-refractivity contribution >= 4 is 5.91 Å². The van der Waals surface area contributed by atoms with Gasteiger partial charge in [-0.2, -0.15) is 5.10 Å². The minimum absolute atomic E-state index is 0.208. The lowest BCUT2D eigenvalue weighted by atomic mass is 9.86. The van der Waals surface area contributed by atoms with Gasteiger partial charge in [0.15, 0.2) is 0 Å². The molecule has 8 heteroatoms. The molecule has 0 saturated carbocycles. The zero-order valence-corrected chi connectivity index (χ0v) is 15.2. The number of carbonyl (C=O) groups is 1. The van der Waals surface area contributed by atoms with E-state index < -0.39 is 5.54 Å². The minimum atomic E-state index is -0.542. The Balaban J connectivity index is 1.42. The summed E-state index contributed by atoms with van der Waals surface area (Å²) in [7, 11) is 0. The number of aryl methyl sites for hydroxylation is 1. The van der Waals surface area contributed by atoms with E-state index in [1.54, 1.807) is 6.20 Å². The van der Waals surface area contributed by atoms with Crippen molar-refractivity contribution in [3.63, 3.8) is 0 Å². The minimum Gasteiger partial charge on any atom is -0.361 e. The predicted molar refractivity (Wildman–Crippen MR) is 95.4 cm³/mol. The second-order valence-corrected chi connectivity index (χ2v) is 7.23. The maximum Gasteiger partial charge on any atom is 0.250 e. The van der Waals surface area contributed by atoms with E-state index in [1.807, 2.05) is 34.8 Å². The van der Waals surface area contributed by atoms with E-state index in [1.165, 1.54) is 0 Å². The first-order chi connectivity index (χ1) is 12.7. The summed E-state index contributed by atoms with van der Waals surface area (Å²) in [5.74, 6) is 1.04. The highest BCUT2D eigenvalue weighted by Gasteiger charge is 2.44. The third kappa shape index (κ3) is 3.26. The van der Waals surface area contributed by atoms with Crippen molar-refractivity contribution in [2.75, 3.05) is 39.3 Å². The van der Waals surface area contributed by atoms with E-state index in [9.17, 15) is 4.79 Å². The first kappa shape index (κ1) is 17.2. The number of piperazine rings is 1. The lowest BCUT2D eigenvalue weighted by molar-refractivity contribution is -0.145. The number of aromatic nitrogens is 3. The zero-order chi connectivity index (χ0) is 18.0. The fourth-order valence-electron chi connectivity index (χ4n) is 4.03. The van der Waals surface area contributed by atoms with Crippen LogP contribution in [0.1, 0.15) is 24.3 Å². The SMILES string of the molecule is Cc1cc(CN2CCN(C(=O)C3(n4cccn4)CCNCC3)CC2)no1. The summed E-state index contributed by atoms with van der Waals surface area (Å²) in [4.78, 5) is 17.8. The molecule has 1 N–H and O–H groups in total. The van der Waals surface area contributed by atoms with E-state index in [4.69, 9.17) is 4.52 Å². The Hall–Kier alpha value is -2.19. The van der Waals surface area contributed by atoms with Crippen molar-refractivity contribution in [2.45, 2.75) is 31.8 Å². The summed E-state index contributed by atoms with van der Waals surface area (Å²) in [5, 5.41) is 11.8. The van der Waals surface area contributed by atoms with Crippen molar-refractivity contribution in [3.05, 3.63) is 36.0 Å². The maximum absolute atomic E-state index is 13.4. The van der Waals surface area contributed by atoms with Gasteiger partial charge in [-0.05, 0) is 38.9 Å². The Labute approximate surface area is 153 Å². The zero-order valence-electron chi connectivity index (χ0n) is 15.2. The van der Waals surface area contributed by atoms with Gasteiger partial charge < -0.3 is 14.7 Å². The van der Waals surface area contributed by atoms with Crippen molar-refractivity contribution in [1.82, 2.24) is 30.1 Å². The molecule has 0 aromatic carbocycles. The van der Waals surface area contributed by atoms with Gasteiger partial charge in [-0.25, -0.2) is 0 Å². The molecule has 0 aliphatic carbocycles. The predicted octanol–water partition coefficient (Wildman–Crippen LogP) is 0.603. The number of hydrogen-bond donors (Lipinski definition) is 1. The molecule has 0 radical (unpaired) electrons. The molecule has 2 fully saturated rings. The Morgan fingerprint density at radius 3 is 2.65 bits per heavy atom. The van der Waals surface area contributed by atoms with Gasteiger partial charge in [-0.15, -0.1) is 0 Å². The topological polar surface area (TPSA) is 79.4 Å². The van der Waals surface area contributed by atoms with Crippen LogP contribution in [0.3, 0.4) is 0 Å². The second kappa shape index (κ2) is 7.20. The molecule has 2 aliphatic heterocycles. The lowest BCUT2D eigenvalue weighted by Gasteiger charge is -2.43. The molecular formula is C18H26N6O2. The van der Waals surface area contributed by atoms with Gasteiger partial charge in [0.2, 0.25) is 0 Å². The molecule has 26 heavy (non-hydrogen) atoms. The van der Waals surface area contributed by atoms with Crippen LogP contribution in [0.25, 0.3) is 0 Å². The molecule has 2 aliphatic rings. The number of rotatable bonds is 4. The lowest BCUT2D eigenvalue weighted by Crippen LogP contribution is -2.59. The number of carbonyl (C=O) groups excluding carboxylic acids is 1. The highest BCUT2D eigenvalue weighted by atomic mass is 16.5. The highest BCUT2D eigenvalue weighted by molar-refractivity contribution is 5.84. The Bertz CT molecular complexity index is 727. The molecule has 1 amide bonds. The van der Waals surface area contributed by atoms with Crippen LogP contribution >= 0.6 is 0 Å². The Morgan fingerprint density at radius 2 is 2.04 bits per heavy atom. The quantitative estimate of drug-likeness (QED) is 0.862. The van der Waals surface area contributed by atoms with Gasteiger partial charge in [-0.1, -0.05) is 5.16 Å². The summed E-state index contributed by atoms with van der Waals surface area (Å²) < 4.78 is 7.02. The molecule has 4 rings (SSSR count). The summed E-state index contributed by atoms with van der Waals surface area (Å²) in [6.45, 7) is 7.55. The summed E-state index contributed by atoms with van der Waals surface area (Å²) >= 11 is 0. The third-order valence-corrected chi connectivity index (χ3v) is 5.49. The van der Waals surface area contributed by atoms with Crippen LogP contribution < -0.4 is 5.32 Å². The second-order valence-electron chi connectivity index (χ2n) is 7.23. The van der Waals surface area contributed by atoms with Crippen LogP contribution in [-0.2, 0) is 16.9 Å². The molecule has 2 aromatic heterocycles. The van der Waals surface area contributed by atoms with E-state index in [2.05, 4.69) is 20.5 Å². The van der Waals surface area contributed by atoms with Crippen molar-refractivity contribution in [2.24, 2.45) is 0 Å². The van der Waals surface area contributed by atoms with Crippen LogP contribution in [0.15, 0.2) is 29.0 Å². The molecule has 2 aromatic rings. The molecule has 0 unspecified atom stereocenters. The number of amides is 1. The number of nitrogens with zero attached hydrogens (tertiary/aromatic N) is 5. The fraction of sp³-hybridized carbons (Fsp3) is 0.611. The standard InChI is InChI=1S/C18H26N6O2/c1-15-13-16(21-26-15)14-22-9-11-23(12-10-22)17(25)18(3-6-19-7-4-18)24-8-2-5-20-24/h2,5,8,13,19H,3-4,6-7,9-12,14H2,1H3. The van der Waals surface area contributed by atoms with Crippen LogP contribution in [0.5, 0.6) is 0 Å². The average Bonchev–Trinajstić information content (AvgIpc) is 3.35. The summed E-state index contributed by atoms with van der Waals surface area (Å²) in [6.07, 6.45) is 5.25. The van der Waals surface area contributed by atoms with Gasteiger partial charge >= 0.3 is 0 Å². The van der Waals surface area contributed by atoms with Crippen LogP contribution in [0, 0.1) is 6.92 Å². The molecule has 140 valence electrons. The normalized spacial score (nSPS) is 21.0. The molecule has 0 spiro atoms. The first-order valence-corrected chi connectivity index (χ1v) is 9.32. The van der Waals surface area contributed by atoms with Crippen molar-refractivity contribution in [3.8, 4) is 0 Å². The fourth-order valence-corrected chi connectivity index (χ4v) is 4.03. The Morgan fingerprint density at radius 1 is 1.27 bits per heavy atom. The monoisotopic (exact) mass is 358 g/mol. The third-order valence-electron chi connectivity index (χ3n) is 5.49. The molecule has 4 heterocycles. The van der Waals surface area contributed by atoms with E-state index in [0.29, 0.717) is 0 Å². The summed E-state index contributed by atoms with van der Waals surface area (Å²) in [5.41, 5.74) is 0.411. The maximum atomic E-state index is 13.4. The van der Waals surface area contributed by atoms with Crippen LogP contribution in [0.2, 0.25) is 0 Å². The van der Waals surface area contributed by atoms with Gasteiger partial charge in [0.1, 0.15) is 11.3 Å². The highest BCUT2D eigenvalue weighted by Crippen LogP contribution is 2.30. The molecule has 0 bridgehead atoms. The number of hydrogen-bond acceptors (Lipinski definition) is 6. The van der Waals surface area contributed by atoms with Gasteiger partial charge in [-0.3, -0.25) is 14.4 Å². The Kier molecular flexibility index (Phi) is 4.78. The first-order valence-electron chi connectivity index (χ1n) is 9.32. The van der Waals surface area contributed by atoms with Crippen molar-refractivity contribution < 1.29 is 9.32 Å². The largest absolute Gasteiger partial charge is 0.361 e. The van der Waals surface area contributed by atoms with Crippen molar-refractivity contribution in [1.29, 1.82) is 0 Å². The summed E-state index contributed by atoms with van der Waals surface area (Å²) in [6, 6.07) is 3.87. The smallest absolute Gasteiger partial charge is 0.250 e. The van der Waals surface area contributed by atoms with E-state index >= 15 is 0 Å². The number of piperidine rings is 1. The average molecular weight is 358 g/mol. The van der Waals surface area contributed by atoms with E-state index in [-0.39, 0.29) is 5.91 Å².